The summed E-state index contributed by atoms with van der Waals surface area (Å²) in [5.41, 5.74) is 1.000. The van der Waals surface area contributed by atoms with Gasteiger partial charge in [-0.25, -0.2) is 0 Å². The van der Waals surface area contributed by atoms with Crippen LogP contribution in [0.4, 0.5) is 0 Å². The number of rotatable bonds is 4. The van der Waals surface area contributed by atoms with E-state index in [2.05, 4.69) is 5.32 Å². The molecule has 1 heterocycles. The predicted octanol–water partition coefficient (Wildman–Crippen LogP) is 1.18. The van der Waals surface area contributed by atoms with Gasteiger partial charge >= 0.3 is 0 Å². The topological polar surface area (TPSA) is 47.6 Å². The Balaban J connectivity index is 2.20. The van der Waals surface area contributed by atoms with Crippen LogP contribution in [0.2, 0.25) is 0 Å². The summed E-state index contributed by atoms with van der Waals surface area (Å²) < 4.78 is 10.5. The fraction of sp³-hybridized carbons (Fsp3) is 0.462. The first kappa shape index (κ1) is 11.9. The highest BCUT2D eigenvalue weighted by atomic mass is 16.5. The quantitative estimate of drug-likeness (QED) is 0.851. The van der Waals surface area contributed by atoms with Gasteiger partial charge in [0.05, 0.1) is 20.3 Å². The molecule has 4 heteroatoms. The molecule has 1 fully saturated rings. The molecule has 0 radical (unpaired) electrons. The second-order valence-electron chi connectivity index (χ2n) is 4.10. The van der Waals surface area contributed by atoms with Gasteiger partial charge in [-0.2, -0.15) is 0 Å². The van der Waals surface area contributed by atoms with E-state index < -0.39 is 0 Å². The molecule has 0 spiro atoms. The van der Waals surface area contributed by atoms with Crippen molar-refractivity contribution in [3.63, 3.8) is 0 Å². The lowest BCUT2D eigenvalue weighted by atomic mass is 10.0. The van der Waals surface area contributed by atoms with E-state index in [1.807, 2.05) is 18.2 Å². The minimum atomic E-state index is -0.0870. The highest BCUT2D eigenvalue weighted by Crippen LogP contribution is 2.25. The third-order valence-electron chi connectivity index (χ3n) is 3.06. The van der Waals surface area contributed by atoms with E-state index in [0.717, 1.165) is 23.6 Å². The summed E-state index contributed by atoms with van der Waals surface area (Å²) in [7, 11) is 3.26. The van der Waals surface area contributed by atoms with E-state index in [4.69, 9.17) is 9.47 Å². The van der Waals surface area contributed by atoms with Gasteiger partial charge in [0, 0.05) is 13.0 Å². The molecule has 1 aliphatic rings. The van der Waals surface area contributed by atoms with Gasteiger partial charge in [0.25, 0.3) is 0 Å². The molecule has 0 aliphatic carbocycles. The predicted molar refractivity (Wildman–Crippen MR) is 64.7 cm³/mol. The molecular formula is C13H17NO3. The van der Waals surface area contributed by atoms with Crippen LogP contribution < -0.4 is 14.8 Å². The van der Waals surface area contributed by atoms with E-state index in [0.29, 0.717) is 12.8 Å². The molecule has 1 atom stereocenters. The monoisotopic (exact) mass is 235 g/mol. The maximum atomic E-state index is 11.6. The van der Waals surface area contributed by atoms with Crippen LogP contribution >= 0.6 is 0 Å². The third-order valence-corrected chi connectivity index (χ3v) is 3.06. The average molecular weight is 235 g/mol. The number of nitrogens with one attached hydrogen (secondary N) is 1. The number of ether oxygens (including phenoxy) is 2. The summed E-state index contributed by atoms with van der Waals surface area (Å²) in [5.74, 6) is 1.86. The Labute approximate surface area is 101 Å². The molecular weight excluding hydrogens is 218 g/mol. The lowest BCUT2D eigenvalue weighted by Gasteiger charge is -2.13. The number of benzene rings is 1. The van der Waals surface area contributed by atoms with Gasteiger partial charge < -0.3 is 14.8 Å². The van der Waals surface area contributed by atoms with Crippen LogP contribution in [-0.2, 0) is 11.2 Å². The van der Waals surface area contributed by atoms with Crippen molar-refractivity contribution in [2.45, 2.75) is 18.9 Å². The second-order valence-corrected chi connectivity index (χ2v) is 4.10. The Morgan fingerprint density at radius 2 is 2.18 bits per heavy atom. The van der Waals surface area contributed by atoms with Gasteiger partial charge in [-0.15, -0.1) is 0 Å². The van der Waals surface area contributed by atoms with Gasteiger partial charge in [-0.1, -0.05) is 0 Å². The highest BCUT2D eigenvalue weighted by Gasteiger charge is 2.24. The number of carbonyl (C=O) groups is 1. The van der Waals surface area contributed by atoms with Crippen LogP contribution in [0, 0.1) is 0 Å². The van der Waals surface area contributed by atoms with Crippen molar-refractivity contribution in [3.05, 3.63) is 23.8 Å². The van der Waals surface area contributed by atoms with E-state index >= 15 is 0 Å². The van der Waals surface area contributed by atoms with Crippen LogP contribution in [0.1, 0.15) is 12.0 Å². The fourth-order valence-corrected chi connectivity index (χ4v) is 2.11. The van der Waals surface area contributed by atoms with Crippen LogP contribution in [0.15, 0.2) is 18.2 Å². The largest absolute Gasteiger partial charge is 0.497 e. The number of ketones is 1. The Bertz CT molecular complexity index is 417. The summed E-state index contributed by atoms with van der Waals surface area (Å²) in [4.78, 5) is 11.6. The standard InChI is InChI=1S/C13H17NO3/c1-16-10-3-4-13(17-2)9(7-10)8-11-12(15)5-6-14-11/h3-4,7,11,14H,5-6,8H2,1-2H3. The Morgan fingerprint density at radius 3 is 2.76 bits per heavy atom. The highest BCUT2D eigenvalue weighted by molar-refractivity contribution is 5.86. The first-order valence-electron chi connectivity index (χ1n) is 5.71. The number of carbonyl (C=O) groups excluding carboxylic acids is 1. The van der Waals surface area contributed by atoms with Crippen molar-refractivity contribution in [1.29, 1.82) is 0 Å². The number of hydrogen-bond donors (Lipinski definition) is 1. The molecule has 0 amide bonds. The minimum absolute atomic E-state index is 0.0870. The van der Waals surface area contributed by atoms with E-state index in [-0.39, 0.29) is 11.8 Å². The summed E-state index contributed by atoms with van der Waals surface area (Å²) in [6, 6.07) is 5.56. The summed E-state index contributed by atoms with van der Waals surface area (Å²) in [6.45, 7) is 0.774. The van der Waals surface area contributed by atoms with Crippen molar-refractivity contribution in [2.75, 3.05) is 20.8 Å². The van der Waals surface area contributed by atoms with Crippen molar-refractivity contribution < 1.29 is 14.3 Å². The van der Waals surface area contributed by atoms with Crippen molar-refractivity contribution in [3.8, 4) is 11.5 Å². The number of methoxy groups -OCH3 is 2. The Hall–Kier alpha value is -1.55. The zero-order chi connectivity index (χ0) is 12.3. The molecule has 92 valence electrons. The van der Waals surface area contributed by atoms with Crippen molar-refractivity contribution >= 4 is 5.78 Å². The SMILES string of the molecule is COc1ccc(OC)c(CC2NCCC2=O)c1. The van der Waals surface area contributed by atoms with E-state index in [1.54, 1.807) is 14.2 Å². The average Bonchev–Trinajstić information content (AvgIpc) is 2.75. The van der Waals surface area contributed by atoms with Gasteiger partial charge in [0.15, 0.2) is 5.78 Å². The maximum absolute atomic E-state index is 11.6. The zero-order valence-corrected chi connectivity index (χ0v) is 10.2. The van der Waals surface area contributed by atoms with Gasteiger partial charge in [0.2, 0.25) is 0 Å². The number of Topliss-reactive ketones (excluding diaryl/α,β-unsaturated/α-hetero) is 1. The summed E-state index contributed by atoms with van der Waals surface area (Å²) in [5, 5.41) is 3.20. The van der Waals surface area contributed by atoms with Crippen LogP contribution in [0.5, 0.6) is 11.5 Å². The van der Waals surface area contributed by atoms with Gasteiger partial charge in [-0.3, -0.25) is 4.79 Å². The summed E-state index contributed by atoms with van der Waals surface area (Å²) >= 11 is 0. The van der Waals surface area contributed by atoms with Crippen molar-refractivity contribution in [1.82, 2.24) is 5.32 Å². The molecule has 17 heavy (non-hydrogen) atoms. The Kier molecular flexibility index (Phi) is 3.64. The molecule has 1 aromatic rings. The lowest BCUT2D eigenvalue weighted by Crippen LogP contribution is -2.29. The fourth-order valence-electron chi connectivity index (χ4n) is 2.11. The molecule has 0 bridgehead atoms. The van der Waals surface area contributed by atoms with Gasteiger partial charge in [-0.05, 0) is 30.2 Å². The van der Waals surface area contributed by atoms with E-state index in [9.17, 15) is 4.79 Å². The van der Waals surface area contributed by atoms with Crippen LogP contribution in [0.25, 0.3) is 0 Å². The molecule has 4 nitrogen and oxygen atoms in total. The normalized spacial score (nSPS) is 19.4. The second kappa shape index (κ2) is 5.19. The molecule has 1 N–H and O–H groups in total. The van der Waals surface area contributed by atoms with E-state index in [1.165, 1.54) is 0 Å². The molecule has 1 aromatic carbocycles. The van der Waals surface area contributed by atoms with Crippen LogP contribution in [-0.4, -0.2) is 32.6 Å². The smallest absolute Gasteiger partial charge is 0.151 e. The lowest BCUT2D eigenvalue weighted by molar-refractivity contribution is -0.118. The number of hydrogen-bond acceptors (Lipinski definition) is 4. The molecule has 1 saturated heterocycles. The van der Waals surface area contributed by atoms with Crippen LogP contribution in [0.3, 0.4) is 0 Å². The maximum Gasteiger partial charge on any atom is 0.151 e. The first-order chi connectivity index (χ1) is 8.24. The zero-order valence-electron chi connectivity index (χ0n) is 10.2. The minimum Gasteiger partial charge on any atom is -0.497 e. The first-order valence-corrected chi connectivity index (χ1v) is 5.71. The van der Waals surface area contributed by atoms with Gasteiger partial charge in [0.1, 0.15) is 11.5 Å². The Morgan fingerprint density at radius 1 is 1.35 bits per heavy atom. The molecule has 0 saturated carbocycles. The third kappa shape index (κ3) is 2.58. The molecule has 2 rings (SSSR count). The molecule has 0 aromatic heterocycles. The summed E-state index contributed by atoms with van der Waals surface area (Å²) in [6.07, 6.45) is 1.27. The van der Waals surface area contributed by atoms with Crippen molar-refractivity contribution in [2.24, 2.45) is 0 Å². The molecule has 1 aliphatic heterocycles. The molecule has 1 unspecified atom stereocenters.